The molecule has 124 valence electrons. The second-order valence-corrected chi connectivity index (χ2v) is 5.23. The van der Waals surface area contributed by atoms with Gasteiger partial charge in [0, 0.05) is 12.7 Å². The molecule has 7 heteroatoms. The van der Waals surface area contributed by atoms with Crippen LogP contribution in [0.3, 0.4) is 0 Å². The van der Waals surface area contributed by atoms with E-state index < -0.39 is 0 Å². The molecule has 1 heterocycles. The predicted molar refractivity (Wildman–Crippen MR) is 96.4 cm³/mol. The molecule has 0 spiro atoms. The molecule has 0 radical (unpaired) electrons. The minimum atomic E-state index is 0.409. The van der Waals surface area contributed by atoms with Crippen LogP contribution in [-0.4, -0.2) is 30.9 Å². The third-order valence-electron chi connectivity index (χ3n) is 3.33. The Morgan fingerprint density at radius 2 is 2.12 bits per heavy atom. The first-order valence-electron chi connectivity index (χ1n) is 7.28. The molecule has 0 aliphatic rings. The van der Waals surface area contributed by atoms with E-state index in [4.69, 9.17) is 27.0 Å². The Morgan fingerprint density at radius 1 is 1.29 bits per heavy atom. The fourth-order valence-corrected chi connectivity index (χ4v) is 2.33. The summed E-state index contributed by atoms with van der Waals surface area (Å²) in [5.74, 6) is 2.02. The zero-order valence-electron chi connectivity index (χ0n) is 13.5. The maximum atomic E-state index is 9.04. The average molecular weight is 342 g/mol. The second kappa shape index (κ2) is 8.70. The Balaban J connectivity index is 1.92. The maximum absolute atomic E-state index is 9.04. The second-order valence-electron chi connectivity index (χ2n) is 4.82. The SMILES string of the molecule is COc1ccc(OC)c(CCNC(=S)Nc2ncccc2C#N)c1. The van der Waals surface area contributed by atoms with Crippen LogP contribution in [-0.2, 0) is 6.42 Å². The number of benzene rings is 1. The summed E-state index contributed by atoms with van der Waals surface area (Å²) in [5.41, 5.74) is 1.46. The van der Waals surface area contributed by atoms with Gasteiger partial charge >= 0.3 is 0 Å². The van der Waals surface area contributed by atoms with Crippen LogP contribution in [0.15, 0.2) is 36.5 Å². The Kier molecular flexibility index (Phi) is 6.34. The Bertz CT molecular complexity index is 758. The van der Waals surface area contributed by atoms with Crippen molar-refractivity contribution in [2.45, 2.75) is 6.42 Å². The quantitative estimate of drug-likeness (QED) is 0.781. The molecule has 0 fully saturated rings. The third-order valence-corrected chi connectivity index (χ3v) is 3.57. The van der Waals surface area contributed by atoms with Crippen molar-refractivity contribution in [3.05, 3.63) is 47.7 Å². The molecule has 0 bridgehead atoms. The number of nitrogens with zero attached hydrogens (tertiary/aromatic N) is 2. The lowest BCUT2D eigenvalue weighted by molar-refractivity contribution is 0.398. The molecular formula is C17H18N4O2S. The van der Waals surface area contributed by atoms with Crippen molar-refractivity contribution in [2.75, 3.05) is 26.1 Å². The first-order chi connectivity index (χ1) is 11.7. The van der Waals surface area contributed by atoms with E-state index in [0.717, 1.165) is 17.1 Å². The molecule has 0 aliphatic carbocycles. The number of nitriles is 1. The highest BCUT2D eigenvalue weighted by atomic mass is 32.1. The molecule has 1 aromatic carbocycles. The summed E-state index contributed by atoms with van der Waals surface area (Å²) in [4.78, 5) is 4.11. The van der Waals surface area contributed by atoms with E-state index in [1.54, 1.807) is 32.5 Å². The van der Waals surface area contributed by atoms with E-state index >= 15 is 0 Å². The van der Waals surface area contributed by atoms with Crippen LogP contribution >= 0.6 is 12.2 Å². The first-order valence-corrected chi connectivity index (χ1v) is 7.69. The van der Waals surface area contributed by atoms with Crippen molar-refractivity contribution in [3.8, 4) is 17.6 Å². The summed E-state index contributed by atoms with van der Waals surface area (Å²) >= 11 is 5.24. The molecule has 6 nitrogen and oxygen atoms in total. The number of methoxy groups -OCH3 is 2. The van der Waals surface area contributed by atoms with Crippen LogP contribution in [0, 0.1) is 11.3 Å². The smallest absolute Gasteiger partial charge is 0.171 e. The highest BCUT2D eigenvalue weighted by molar-refractivity contribution is 7.80. The van der Waals surface area contributed by atoms with Gasteiger partial charge in [0.25, 0.3) is 0 Å². The molecule has 0 aliphatic heterocycles. The van der Waals surface area contributed by atoms with Crippen LogP contribution in [0.2, 0.25) is 0 Å². The molecule has 1 aromatic heterocycles. The lowest BCUT2D eigenvalue weighted by atomic mass is 10.1. The van der Waals surface area contributed by atoms with Crippen molar-refractivity contribution in [1.82, 2.24) is 10.3 Å². The minimum Gasteiger partial charge on any atom is -0.497 e. The van der Waals surface area contributed by atoms with Crippen molar-refractivity contribution < 1.29 is 9.47 Å². The number of thiocarbonyl (C=S) groups is 1. The molecule has 0 unspecified atom stereocenters. The van der Waals surface area contributed by atoms with E-state index in [0.29, 0.717) is 29.5 Å². The predicted octanol–water partition coefficient (Wildman–Crippen LogP) is 2.50. The summed E-state index contributed by atoms with van der Waals surface area (Å²) in [7, 11) is 3.26. The number of pyridine rings is 1. The van der Waals surface area contributed by atoms with Gasteiger partial charge in [-0.1, -0.05) is 0 Å². The molecule has 2 N–H and O–H groups in total. The zero-order valence-corrected chi connectivity index (χ0v) is 14.3. The van der Waals surface area contributed by atoms with Gasteiger partial charge in [0.2, 0.25) is 0 Å². The van der Waals surface area contributed by atoms with Gasteiger partial charge in [-0.3, -0.25) is 0 Å². The van der Waals surface area contributed by atoms with Gasteiger partial charge in [-0.25, -0.2) is 4.98 Å². The first kappa shape index (κ1) is 17.5. The molecule has 0 atom stereocenters. The van der Waals surface area contributed by atoms with Crippen molar-refractivity contribution in [3.63, 3.8) is 0 Å². The highest BCUT2D eigenvalue weighted by Crippen LogP contribution is 2.24. The van der Waals surface area contributed by atoms with Crippen molar-refractivity contribution >= 4 is 23.1 Å². The van der Waals surface area contributed by atoms with Gasteiger partial charge < -0.3 is 20.1 Å². The van der Waals surface area contributed by atoms with Crippen LogP contribution in [0.5, 0.6) is 11.5 Å². The molecule has 0 saturated heterocycles. The normalized spacial score (nSPS) is 9.71. The molecule has 0 amide bonds. The van der Waals surface area contributed by atoms with Crippen LogP contribution in [0.4, 0.5) is 5.82 Å². The van der Waals surface area contributed by atoms with E-state index in [1.165, 1.54) is 0 Å². The molecule has 2 aromatic rings. The number of aromatic nitrogens is 1. The number of anilines is 1. The fourth-order valence-electron chi connectivity index (χ4n) is 2.13. The van der Waals surface area contributed by atoms with E-state index in [2.05, 4.69) is 21.7 Å². The average Bonchev–Trinajstić information content (AvgIpc) is 2.62. The number of hydrogen-bond donors (Lipinski definition) is 2. The van der Waals surface area contributed by atoms with Gasteiger partial charge in [0.1, 0.15) is 23.4 Å². The Hall–Kier alpha value is -2.85. The van der Waals surface area contributed by atoms with Crippen molar-refractivity contribution in [2.24, 2.45) is 0 Å². The maximum Gasteiger partial charge on any atom is 0.171 e. The summed E-state index contributed by atoms with van der Waals surface area (Å²) < 4.78 is 10.6. The van der Waals surface area contributed by atoms with Crippen LogP contribution < -0.4 is 20.1 Å². The fraction of sp³-hybridized carbons (Fsp3) is 0.235. The number of ether oxygens (including phenoxy) is 2. The summed E-state index contributed by atoms with van der Waals surface area (Å²) in [6.45, 7) is 0.601. The van der Waals surface area contributed by atoms with Crippen LogP contribution in [0.1, 0.15) is 11.1 Å². The molecular weight excluding hydrogens is 324 g/mol. The summed E-state index contributed by atoms with van der Waals surface area (Å²) in [6.07, 6.45) is 2.31. The van der Waals surface area contributed by atoms with Gasteiger partial charge in [-0.2, -0.15) is 5.26 Å². The van der Waals surface area contributed by atoms with E-state index in [9.17, 15) is 0 Å². The number of hydrogen-bond acceptors (Lipinski definition) is 5. The van der Waals surface area contributed by atoms with Gasteiger partial charge in [-0.15, -0.1) is 0 Å². The van der Waals surface area contributed by atoms with Crippen molar-refractivity contribution in [1.29, 1.82) is 5.26 Å². The Labute approximate surface area is 146 Å². The highest BCUT2D eigenvalue weighted by Gasteiger charge is 2.07. The summed E-state index contributed by atoms with van der Waals surface area (Å²) in [6, 6.07) is 11.1. The molecule has 0 saturated carbocycles. The molecule has 24 heavy (non-hydrogen) atoms. The zero-order chi connectivity index (χ0) is 17.4. The van der Waals surface area contributed by atoms with E-state index in [-0.39, 0.29) is 0 Å². The number of nitrogens with one attached hydrogen (secondary N) is 2. The van der Waals surface area contributed by atoms with Gasteiger partial charge in [0.15, 0.2) is 5.11 Å². The monoisotopic (exact) mass is 342 g/mol. The van der Waals surface area contributed by atoms with E-state index in [1.807, 2.05) is 18.2 Å². The van der Waals surface area contributed by atoms with Crippen LogP contribution in [0.25, 0.3) is 0 Å². The third kappa shape index (κ3) is 4.57. The van der Waals surface area contributed by atoms with Gasteiger partial charge in [0.05, 0.1) is 19.8 Å². The topological polar surface area (TPSA) is 79.2 Å². The number of rotatable bonds is 6. The van der Waals surface area contributed by atoms with Gasteiger partial charge in [-0.05, 0) is 54.5 Å². The standard InChI is InChI=1S/C17H18N4O2S/c1-22-14-5-6-15(23-2)12(10-14)7-9-20-17(24)21-16-13(11-18)4-3-8-19-16/h3-6,8,10H,7,9H2,1-2H3,(H2,19,20,21,24). The minimum absolute atomic E-state index is 0.409. The summed E-state index contributed by atoms with van der Waals surface area (Å²) in [5, 5.41) is 15.5. The lowest BCUT2D eigenvalue weighted by Gasteiger charge is -2.13. The Morgan fingerprint density at radius 3 is 2.83 bits per heavy atom. The lowest BCUT2D eigenvalue weighted by Crippen LogP contribution is -2.30. The molecule has 2 rings (SSSR count). The largest absolute Gasteiger partial charge is 0.497 e.